The molecule has 0 radical (unpaired) electrons. The molecule has 0 aliphatic heterocycles. The standard InChI is InChI=1S/C16H19ClFNO/c1-3-4-6-10-9-13(19-2)14(16(10)20)11-7-5-8-12(18)15(11)17/h5,7-8,10,14H,3-4,6,9H2,1-2H3. The number of carbonyl (C=O) groups is 1. The number of nitrogens with zero attached hydrogens (tertiary/aromatic N) is 1. The summed E-state index contributed by atoms with van der Waals surface area (Å²) < 4.78 is 13.6. The smallest absolute Gasteiger partial charge is 0.149 e. The van der Waals surface area contributed by atoms with Crippen LogP contribution in [0.3, 0.4) is 0 Å². The summed E-state index contributed by atoms with van der Waals surface area (Å²) in [6, 6.07) is 4.63. The lowest BCUT2D eigenvalue weighted by Gasteiger charge is -2.13. The van der Waals surface area contributed by atoms with Crippen molar-refractivity contribution in [3.05, 3.63) is 34.6 Å². The lowest BCUT2D eigenvalue weighted by Crippen LogP contribution is -2.16. The Morgan fingerprint density at radius 3 is 2.85 bits per heavy atom. The van der Waals surface area contributed by atoms with Crippen molar-refractivity contribution in [2.75, 3.05) is 7.05 Å². The highest BCUT2D eigenvalue weighted by atomic mass is 35.5. The summed E-state index contributed by atoms with van der Waals surface area (Å²) in [7, 11) is 1.69. The zero-order valence-corrected chi connectivity index (χ0v) is 12.6. The quantitative estimate of drug-likeness (QED) is 0.809. The zero-order chi connectivity index (χ0) is 14.7. The van der Waals surface area contributed by atoms with Crippen molar-refractivity contribution in [3.8, 4) is 0 Å². The van der Waals surface area contributed by atoms with E-state index in [4.69, 9.17) is 11.6 Å². The molecule has 0 amide bonds. The fraction of sp³-hybridized carbons (Fsp3) is 0.500. The molecule has 0 aromatic heterocycles. The maximum atomic E-state index is 13.6. The Labute approximate surface area is 124 Å². The lowest BCUT2D eigenvalue weighted by molar-refractivity contribution is -0.121. The minimum atomic E-state index is -0.482. The molecule has 1 aromatic carbocycles. The van der Waals surface area contributed by atoms with Crippen LogP contribution in [0.4, 0.5) is 4.39 Å². The highest BCUT2D eigenvalue weighted by Gasteiger charge is 2.40. The van der Waals surface area contributed by atoms with Gasteiger partial charge in [0.25, 0.3) is 0 Å². The number of benzene rings is 1. The van der Waals surface area contributed by atoms with Crippen molar-refractivity contribution < 1.29 is 9.18 Å². The molecule has 1 saturated carbocycles. The summed E-state index contributed by atoms with van der Waals surface area (Å²) in [6.45, 7) is 2.11. The molecular weight excluding hydrogens is 277 g/mol. The SMILES string of the molecule is CCCCC1CC(=NC)C(c2cccc(F)c2Cl)C1=O. The van der Waals surface area contributed by atoms with Gasteiger partial charge in [0.15, 0.2) is 0 Å². The van der Waals surface area contributed by atoms with Crippen molar-refractivity contribution >= 4 is 23.1 Å². The van der Waals surface area contributed by atoms with Gasteiger partial charge in [-0.15, -0.1) is 0 Å². The molecule has 0 bridgehead atoms. The van der Waals surface area contributed by atoms with Crippen molar-refractivity contribution in [2.24, 2.45) is 10.9 Å². The van der Waals surface area contributed by atoms with Gasteiger partial charge in [-0.25, -0.2) is 4.39 Å². The monoisotopic (exact) mass is 295 g/mol. The second-order valence-corrected chi connectivity index (χ2v) is 5.61. The third-order valence-corrected chi connectivity index (χ3v) is 4.36. The predicted molar refractivity (Wildman–Crippen MR) is 80.1 cm³/mol. The van der Waals surface area contributed by atoms with Crippen molar-refractivity contribution in [2.45, 2.75) is 38.5 Å². The molecule has 1 fully saturated rings. The van der Waals surface area contributed by atoms with Gasteiger partial charge in [0, 0.05) is 18.7 Å². The van der Waals surface area contributed by atoms with E-state index in [1.165, 1.54) is 6.07 Å². The Balaban J connectivity index is 2.34. The van der Waals surface area contributed by atoms with Gasteiger partial charge < -0.3 is 0 Å². The topological polar surface area (TPSA) is 29.4 Å². The number of hydrogen-bond acceptors (Lipinski definition) is 2. The highest BCUT2D eigenvalue weighted by Crippen LogP contribution is 2.39. The van der Waals surface area contributed by atoms with Crippen LogP contribution in [0.5, 0.6) is 0 Å². The normalized spacial score (nSPS) is 24.6. The van der Waals surface area contributed by atoms with Crippen LogP contribution in [0.2, 0.25) is 5.02 Å². The van der Waals surface area contributed by atoms with E-state index in [2.05, 4.69) is 11.9 Å². The van der Waals surface area contributed by atoms with Crippen LogP contribution in [0, 0.1) is 11.7 Å². The van der Waals surface area contributed by atoms with Crippen LogP contribution in [0.25, 0.3) is 0 Å². The molecule has 2 atom stereocenters. The number of unbranched alkanes of at least 4 members (excludes halogenated alkanes) is 1. The number of carbonyl (C=O) groups excluding carboxylic acids is 1. The van der Waals surface area contributed by atoms with Gasteiger partial charge in [-0.1, -0.05) is 43.5 Å². The Kier molecular flexibility index (Phi) is 4.92. The van der Waals surface area contributed by atoms with Gasteiger partial charge in [0.05, 0.1) is 10.9 Å². The van der Waals surface area contributed by atoms with E-state index in [9.17, 15) is 9.18 Å². The van der Waals surface area contributed by atoms with Crippen LogP contribution < -0.4 is 0 Å². The Bertz CT molecular complexity index is 541. The van der Waals surface area contributed by atoms with Crippen molar-refractivity contribution in [1.82, 2.24) is 0 Å². The Hall–Kier alpha value is -1.22. The molecule has 2 nitrogen and oxygen atoms in total. The van der Waals surface area contributed by atoms with Gasteiger partial charge in [0.2, 0.25) is 0 Å². The number of hydrogen-bond donors (Lipinski definition) is 0. The van der Waals surface area contributed by atoms with E-state index in [-0.39, 0.29) is 16.7 Å². The van der Waals surface area contributed by atoms with E-state index >= 15 is 0 Å². The first-order chi connectivity index (χ1) is 9.60. The Morgan fingerprint density at radius 1 is 1.45 bits per heavy atom. The maximum Gasteiger partial charge on any atom is 0.149 e. The molecule has 2 unspecified atom stereocenters. The summed E-state index contributed by atoms with van der Waals surface area (Å²) in [4.78, 5) is 16.8. The molecule has 1 aromatic rings. The molecule has 1 aliphatic carbocycles. The van der Waals surface area contributed by atoms with E-state index in [0.717, 1.165) is 25.0 Å². The fourth-order valence-corrected chi connectivity index (χ4v) is 3.10. The fourth-order valence-electron chi connectivity index (χ4n) is 2.86. The number of halogens is 2. The molecule has 2 rings (SSSR count). The maximum absolute atomic E-state index is 13.6. The van der Waals surface area contributed by atoms with Crippen LogP contribution in [0.1, 0.15) is 44.1 Å². The number of ketones is 1. The highest BCUT2D eigenvalue weighted by molar-refractivity contribution is 6.33. The van der Waals surface area contributed by atoms with Gasteiger partial charge >= 0.3 is 0 Å². The molecule has 0 saturated heterocycles. The summed E-state index contributed by atoms with van der Waals surface area (Å²) >= 11 is 6.03. The van der Waals surface area contributed by atoms with E-state index < -0.39 is 11.7 Å². The third kappa shape index (κ3) is 2.78. The largest absolute Gasteiger partial charge is 0.298 e. The molecular formula is C16H19ClFNO. The van der Waals surface area contributed by atoms with E-state index in [1.54, 1.807) is 19.2 Å². The zero-order valence-electron chi connectivity index (χ0n) is 11.8. The lowest BCUT2D eigenvalue weighted by atomic mass is 9.92. The average Bonchev–Trinajstić information content (AvgIpc) is 2.76. The van der Waals surface area contributed by atoms with Gasteiger partial charge in [-0.3, -0.25) is 9.79 Å². The average molecular weight is 296 g/mol. The second kappa shape index (κ2) is 6.49. The molecule has 4 heteroatoms. The summed E-state index contributed by atoms with van der Waals surface area (Å²) in [5, 5.41) is 0.0446. The molecule has 0 spiro atoms. The first-order valence-electron chi connectivity index (χ1n) is 7.03. The summed E-state index contributed by atoms with van der Waals surface area (Å²) in [5.41, 5.74) is 1.37. The number of rotatable bonds is 4. The van der Waals surface area contributed by atoms with E-state index in [0.29, 0.717) is 12.0 Å². The van der Waals surface area contributed by atoms with Crippen LogP contribution in [-0.4, -0.2) is 18.5 Å². The molecule has 108 valence electrons. The molecule has 1 aliphatic rings. The molecule has 0 heterocycles. The number of Topliss-reactive ketones (excluding diaryl/α,β-unsaturated/α-hetero) is 1. The van der Waals surface area contributed by atoms with Gasteiger partial charge in [-0.2, -0.15) is 0 Å². The summed E-state index contributed by atoms with van der Waals surface area (Å²) in [6.07, 6.45) is 3.63. The molecule has 20 heavy (non-hydrogen) atoms. The third-order valence-electron chi connectivity index (χ3n) is 3.96. The predicted octanol–water partition coefficient (Wildman–Crippen LogP) is 4.41. The summed E-state index contributed by atoms with van der Waals surface area (Å²) in [5.74, 6) is -0.820. The van der Waals surface area contributed by atoms with Crippen molar-refractivity contribution in [1.29, 1.82) is 0 Å². The van der Waals surface area contributed by atoms with Gasteiger partial charge in [0.1, 0.15) is 11.6 Å². The van der Waals surface area contributed by atoms with Crippen LogP contribution in [-0.2, 0) is 4.79 Å². The Morgan fingerprint density at radius 2 is 2.20 bits per heavy atom. The number of aliphatic imine (C=N–C) groups is 1. The second-order valence-electron chi connectivity index (χ2n) is 5.24. The van der Waals surface area contributed by atoms with Crippen LogP contribution in [0.15, 0.2) is 23.2 Å². The van der Waals surface area contributed by atoms with Crippen LogP contribution >= 0.6 is 11.6 Å². The van der Waals surface area contributed by atoms with Gasteiger partial charge in [-0.05, 0) is 24.5 Å². The molecule has 0 N–H and O–H groups in total. The van der Waals surface area contributed by atoms with E-state index in [1.807, 2.05) is 0 Å². The first kappa shape index (κ1) is 15.2. The minimum absolute atomic E-state index is 0.00187. The minimum Gasteiger partial charge on any atom is -0.298 e. The van der Waals surface area contributed by atoms with Crippen molar-refractivity contribution in [3.63, 3.8) is 0 Å². The first-order valence-corrected chi connectivity index (χ1v) is 7.41.